The molecule has 0 N–H and O–H groups in total. The Morgan fingerprint density at radius 3 is 2.65 bits per heavy atom. The summed E-state index contributed by atoms with van der Waals surface area (Å²) in [6, 6.07) is 12.2. The molecule has 0 aliphatic rings. The number of anilines is 2. The Kier molecular flexibility index (Phi) is 3.64. The number of hydrogen-bond acceptors (Lipinski definition) is 2. The minimum atomic E-state index is 0.523. The van der Waals surface area contributed by atoms with Gasteiger partial charge < -0.3 is 4.90 Å². The fourth-order valence-corrected chi connectivity index (χ4v) is 2.09. The minimum absolute atomic E-state index is 0.523. The maximum Gasteiger partial charge on any atom is 0.131 e. The molecule has 1 aromatic carbocycles. The molecule has 0 atom stereocenters. The molecule has 2 aromatic rings. The number of halogens is 1. The Balaban J connectivity index is 2.44. The number of para-hydroxylation sites is 1. The molecule has 0 saturated carbocycles. The van der Waals surface area contributed by atoms with E-state index in [1.807, 2.05) is 24.3 Å². The highest BCUT2D eigenvalue weighted by molar-refractivity contribution is 6.29. The molecule has 0 aliphatic heterocycles. The van der Waals surface area contributed by atoms with Crippen LogP contribution in [-0.2, 0) is 0 Å². The number of aryl methyl sites for hydroxylation is 1. The molecule has 88 valence electrons. The maximum atomic E-state index is 5.94. The lowest BCUT2D eigenvalue weighted by molar-refractivity contribution is 1.01. The zero-order chi connectivity index (χ0) is 12.3. The van der Waals surface area contributed by atoms with E-state index < -0.39 is 0 Å². The van der Waals surface area contributed by atoms with E-state index in [0.717, 1.165) is 12.2 Å². The lowest BCUT2D eigenvalue weighted by Crippen LogP contribution is -2.17. The average molecular weight is 247 g/mol. The second-order valence-corrected chi connectivity index (χ2v) is 4.25. The van der Waals surface area contributed by atoms with E-state index >= 15 is 0 Å². The number of nitrogens with zero attached hydrogens (tertiary/aromatic N) is 2. The summed E-state index contributed by atoms with van der Waals surface area (Å²) in [4.78, 5) is 6.24. The molecule has 0 unspecified atom stereocenters. The van der Waals surface area contributed by atoms with Gasteiger partial charge in [-0.2, -0.15) is 0 Å². The van der Waals surface area contributed by atoms with Crippen LogP contribution in [0.2, 0.25) is 5.15 Å². The topological polar surface area (TPSA) is 16.1 Å². The Hall–Kier alpha value is -1.54. The summed E-state index contributed by atoms with van der Waals surface area (Å²) in [6.45, 7) is 5.13. The predicted octanol–water partition coefficient (Wildman–Crippen LogP) is 4.20. The van der Waals surface area contributed by atoms with Crippen molar-refractivity contribution in [2.45, 2.75) is 13.8 Å². The van der Waals surface area contributed by atoms with Crippen molar-refractivity contribution in [2.75, 3.05) is 11.4 Å². The molecule has 17 heavy (non-hydrogen) atoms. The molecule has 0 fully saturated rings. The lowest BCUT2D eigenvalue weighted by Gasteiger charge is -2.25. The maximum absolute atomic E-state index is 5.94. The molecule has 2 nitrogen and oxygen atoms in total. The number of aromatic nitrogens is 1. The van der Waals surface area contributed by atoms with Crippen molar-refractivity contribution < 1.29 is 0 Å². The van der Waals surface area contributed by atoms with Gasteiger partial charge in [-0.25, -0.2) is 4.98 Å². The van der Waals surface area contributed by atoms with Crippen molar-refractivity contribution in [1.29, 1.82) is 0 Å². The fraction of sp³-hybridized carbons (Fsp3) is 0.214. The van der Waals surface area contributed by atoms with Gasteiger partial charge >= 0.3 is 0 Å². The van der Waals surface area contributed by atoms with Gasteiger partial charge in [-0.05, 0) is 37.6 Å². The standard InChI is InChI=1S/C14H15ClN2/c1-3-17(12-8-9-16-14(15)10-12)13-7-5-4-6-11(13)2/h4-10H,3H2,1-2H3. The summed E-state index contributed by atoms with van der Waals surface area (Å²) in [5.74, 6) is 0. The van der Waals surface area contributed by atoms with E-state index in [1.165, 1.54) is 11.3 Å². The van der Waals surface area contributed by atoms with Crippen molar-refractivity contribution in [3.63, 3.8) is 0 Å². The van der Waals surface area contributed by atoms with E-state index in [2.05, 4.69) is 35.9 Å². The minimum Gasteiger partial charge on any atom is -0.341 e. The van der Waals surface area contributed by atoms with Gasteiger partial charge in [0.15, 0.2) is 0 Å². The number of benzene rings is 1. The summed E-state index contributed by atoms with van der Waals surface area (Å²) in [6.07, 6.45) is 1.73. The van der Waals surface area contributed by atoms with Crippen molar-refractivity contribution >= 4 is 23.0 Å². The van der Waals surface area contributed by atoms with Gasteiger partial charge in [0.2, 0.25) is 0 Å². The normalized spacial score (nSPS) is 10.3. The first kappa shape index (κ1) is 11.9. The van der Waals surface area contributed by atoms with Gasteiger partial charge in [0.05, 0.1) is 0 Å². The van der Waals surface area contributed by atoms with Gasteiger partial charge in [-0.15, -0.1) is 0 Å². The third kappa shape index (κ3) is 2.59. The van der Waals surface area contributed by atoms with Crippen LogP contribution in [0.15, 0.2) is 42.6 Å². The molecule has 3 heteroatoms. The smallest absolute Gasteiger partial charge is 0.131 e. The van der Waals surface area contributed by atoms with E-state index in [4.69, 9.17) is 11.6 Å². The Labute approximate surface area is 107 Å². The second-order valence-electron chi connectivity index (χ2n) is 3.87. The van der Waals surface area contributed by atoms with Crippen molar-refractivity contribution in [3.05, 3.63) is 53.3 Å². The van der Waals surface area contributed by atoms with Crippen LogP contribution in [0.25, 0.3) is 0 Å². The summed E-state index contributed by atoms with van der Waals surface area (Å²) < 4.78 is 0. The average Bonchev–Trinajstić information content (AvgIpc) is 2.33. The molecule has 0 saturated heterocycles. The first-order valence-corrected chi connectivity index (χ1v) is 6.05. The van der Waals surface area contributed by atoms with E-state index in [9.17, 15) is 0 Å². The van der Waals surface area contributed by atoms with Crippen LogP contribution in [0.5, 0.6) is 0 Å². The lowest BCUT2D eigenvalue weighted by atomic mass is 10.1. The number of rotatable bonds is 3. The van der Waals surface area contributed by atoms with Crippen LogP contribution in [0.3, 0.4) is 0 Å². The largest absolute Gasteiger partial charge is 0.341 e. The molecule has 2 rings (SSSR count). The Bertz CT molecular complexity index is 511. The Morgan fingerprint density at radius 1 is 1.24 bits per heavy atom. The van der Waals surface area contributed by atoms with Crippen LogP contribution in [-0.4, -0.2) is 11.5 Å². The van der Waals surface area contributed by atoms with Crippen LogP contribution in [0.1, 0.15) is 12.5 Å². The summed E-state index contributed by atoms with van der Waals surface area (Å²) >= 11 is 5.94. The van der Waals surface area contributed by atoms with Gasteiger partial charge in [0, 0.05) is 24.1 Å². The van der Waals surface area contributed by atoms with Gasteiger partial charge in [0.1, 0.15) is 5.15 Å². The molecule has 0 radical (unpaired) electrons. The third-order valence-electron chi connectivity index (χ3n) is 2.74. The molecular formula is C14H15ClN2. The van der Waals surface area contributed by atoms with Crippen LogP contribution >= 0.6 is 11.6 Å². The number of hydrogen-bond donors (Lipinski definition) is 0. The third-order valence-corrected chi connectivity index (χ3v) is 2.95. The molecule has 1 aromatic heterocycles. The van der Waals surface area contributed by atoms with E-state index in [0.29, 0.717) is 5.15 Å². The summed E-state index contributed by atoms with van der Waals surface area (Å²) in [7, 11) is 0. The zero-order valence-corrected chi connectivity index (χ0v) is 10.8. The monoisotopic (exact) mass is 246 g/mol. The molecule has 0 aliphatic carbocycles. The molecule has 1 heterocycles. The quantitative estimate of drug-likeness (QED) is 0.755. The second kappa shape index (κ2) is 5.19. The van der Waals surface area contributed by atoms with Crippen LogP contribution < -0.4 is 4.90 Å². The van der Waals surface area contributed by atoms with Crippen LogP contribution in [0.4, 0.5) is 11.4 Å². The van der Waals surface area contributed by atoms with Gasteiger partial charge in [-0.3, -0.25) is 0 Å². The molecule has 0 amide bonds. The fourth-order valence-electron chi connectivity index (χ4n) is 1.92. The van der Waals surface area contributed by atoms with Crippen LogP contribution in [0, 0.1) is 6.92 Å². The van der Waals surface area contributed by atoms with Crippen molar-refractivity contribution in [1.82, 2.24) is 4.98 Å². The molecule has 0 bridgehead atoms. The summed E-state index contributed by atoms with van der Waals surface area (Å²) in [5.41, 5.74) is 3.53. The molecule has 0 spiro atoms. The van der Waals surface area contributed by atoms with E-state index in [1.54, 1.807) is 6.20 Å². The van der Waals surface area contributed by atoms with Gasteiger partial charge in [0.25, 0.3) is 0 Å². The highest BCUT2D eigenvalue weighted by atomic mass is 35.5. The van der Waals surface area contributed by atoms with Crippen molar-refractivity contribution in [2.24, 2.45) is 0 Å². The highest BCUT2D eigenvalue weighted by Gasteiger charge is 2.09. The first-order valence-electron chi connectivity index (χ1n) is 5.67. The van der Waals surface area contributed by atoms with Crippen molar-refractivity contribution in [3.8, 4) is 0 Å². The SMILES string of the molecule is CCN(c1ccnc(Cl)c1)c1ccccc1C. The molecular weight excluding hydrogens is 232 g/mol. The predicted molar refractivity (Wildman–Crippen MR) is 73.1 cm³/mol. The van der Waals surface area contributed by atoms with E-state index in [-0.39, 0.29) is 0 Å². The summed E-state index contributed by atoms with van der Waals surface area (Å²) in [5, 5.41) is 0.523. The van der Waals surface area contributed by atoms with Gasteiger partial charge in [-0.1, -0.05) is 29.8 Å². The Morgan fingerprint density at radius 2 is 2.00 bits per heavy atom. The highest BCUT2D eigenvalue weighted by Crippen LogP contribution is 2.28. The number of pyridine rings is 1. The zero-order valence-electron chi connectivity index (χ0n) is 10.0. The first-order chi connectivity index (χ1) is 8.22.